The van der Waals surface area contributed by atoms with Crippen LogP contribution in [0.2, 0.25) is 0 Å². The molecule has 2 rings (SSSR count). The molecule has 2 fully saturated rings. The molecule has 0 unspecified atom stereocenters. The fourth-order valence-electron chi connectivity index (χ4n) is 6.56. The Morgan fingerprint density at radius 2 is 0.947 bits per heavy atom. The van der Waals surface area contributed by atoms with E-state index in [-0.39, 0.29) is 25.0 Å². The molecule has 16 atom stereocenters. The van der Waals surface area contributed by atoms with Gasteiger partial charge in [0, 0.05) is 12.8 Å². The maximum absolute atomic E-state index is 10.8. The van der Waals surface area contributed by atoms with Gasteiger partial charge in [-0.15, -0.1) is 13.2 Å². The molecule has 0 amide bonds. The second-order valence-corrected chi connectivity index (χ2v) is 16.2. The Hall–Kier alpha value is -2.16. The zero-order chi connectivity index (χ0) is 43.4. The van der Waals surface area contributed by atoms with E-state index >= 15 is 0 Å². The first-order chi connectivity index (χ1) is 26.5. The van der Waals surface area contributed by atoms with Gasteiger partial charge in [0.2, 0.25) is 0 Å². The number of rotatable bonds is 24. The zero-order valence-electron chi connectivity index (χ0n) is 34.4. The maximum atomic E-state index is 10.8. The van der Waals surface area contributed by atoms with Crippen molar-refractivity contribution in [2.24, 2.45) is 0 Å². The van der Waals surface area contributed by atoms with Gasteiger partial charge < -0.3 is 74.7 Å². The van der Waals surface area contributed by atoms with Gasteiger partial charge >= 0.3 is 0 Å². The summed E-state index contributed by atoms with van der Waals surface area (Å²) in [5.74, 6) is 0. The van der Waals surface area contributed by atoms with Gasteiger partial charge in [0.25, 0.3) is 0 Å². The van der Waals surface area contributed by atoms with E-state index in [0.29, 0.717) is 25.7 Å². The molecule has 0 saturated carbocycles. The highest BCUT2D eigenvalue weighted by molar-refractivity contribution is 5.11. The third kappa shape index (κ3) is 15.8. The molecule has 0 radical (unpaired) electrons. The standard InChI is InChI=1S/C42H70O15/c1-11-41(9,51)19-27(53-39-37(49)35(47)33(45)31(21-43)56-39)17-25(7)13-15-29(23(3)4)55-30(24(5)6)16-14-26(8)18-28(20-42(10,52)12-2)54-40-38(50)36(48)34(46)32(22-44)57-40/h11-12,17-18,27-40,43-52H,1-3,5,13-16,19-22H2,4,6-10H3/b25-17+,26-18+/t27-,28-,29+,30+,31-,32-,33-,34-,35+,36+,37-,38-,39-,40-,41+,42+/m1/s1. The van der Waals surface area contributed by atoms with Gasteiger partial charge in [0.15, 0.2) is 12.6 Å². The first kappa shape index (κ1) is 51.0. The van der Waals surface area contributed by atoms with Crippen LogP contribution in [0.5, 0.6) is 0 Å². The Balaban J connectivity index is 2.19. The van der Waals surface area contributed by atoms with E-state index < -0.39 is 98.0 Å². The molecule has 2 saturated heterocycles. The first-order valence-electron chi connectivity index (χ1n) is 19.4. The highest BCUT2D eigenvalue weighted by Crippen LogP contribution is 2.30. The van der Waals surface area contributed by atoms with Crippen LogP contribution in [-0.4, -0.2) is 161 Å². The lowest BCUT2D eigenvalue weighted by atomic mass is 9.95. The average molecular weight is 815 g/mol. The van der Waals surface area contributed by atoms with E-state index in [0.717, 1.165) is 22.3 Å². The number of aliphatic hydroxyl groups excluding tert-OH is 8. The van der Waals surface area contributed by atoms with Crippen LogP contribution >= 0.6 is 0 Å². The molecule has 2 aliphatic rings. The smallest absolute Gasteiger partial charge is 0.187 e. The quantitative estimate of drug-likeness (QED) is 0.0619. The summed E-state index contributed by atoms with van der Waals surface area (Å²) in [5, 5.41) is 103. The lowest BCUT2D eigenvalue weighted by Crippen LogP contribution is -2.59. The number of allylic oxidation sites excluding steroid dienone is 2. The van der Waals surface area contributed by atoms with Crippen molar-refractivity contribution in [1.29, 1.82) is 0 Å². The predicted octanol–water partition coefficient (Wildman–Crippen LogP) is 1.37. The number of ether oxygens (including phenoxy) is 5. The third-order valence-electron chi connectivity index (χ3n) is 10.4. The van der Waals surface area contributed by atoms with Crippen LogP contribution < -0.4 is 0 Å². The molecule has 0 aromatic carbocycles. The largest absolute Gasteiger partial charge is 0.394 e. The van der Waals surface area contributed by atoms with Gasteiger partial charge in [-0.05, 0) is 67.2 Å². The van der Waals surface area contributed by atoms with Crippen molar-refractivity contribution in [2.45, 2.75) is 177 Å². The highest BCUT2D eigenvalue weighted by Gasteiger charge is 2.46. The first-order valence-corrected chi connectivity index (χ1v) is 19.4. The summed E-state index contributed by atoms with van der Waals surface area (Å²) in [6.45, 7) is 25.0. The van der Waals surface area contributed by atoms with Crippen molar-refractivity contribution in [3.63, 3.8) is 0 Å². The van der Waals surface area contributed by atoms with Crippen LogP contribution in [0.15, 0.2) is 72.9 Å². The second kappa shape index (κ2) is 23.0. The summed E-state index contributed by atoms with van der Waals surface area (Å²) in [5.41, 5.74) is 0.539. The molecule has 0 aliphatic carbocycles. The molecule has 0 spiro atoms. The van der Waals surface area contributed by atoms with Gasteiger partial charge in [-0.1, -0.05) is 59.8 Å². The Morgan fingerprint density at radius 1 is 0.614 bits per heavy atom. The Labute approximate surface area is 337 Å². The van der Waals surface area contributed by atoms with Gasteiger partial charge in [-0.2, -0.15) is 0 Å². The van der Waals surface area contributed by atoms with E-state index in [4.69, 9.17) is 23.7 Å². The van der Waals surface area contributed by atoms with E-state index in [9.17, 15) is 51.1 Å². The molecular weight excluding hydrogens is 744 g/mol. The van der Waals surface area contributed by atoms with Crippen LogP contribution in [0.1, 0.15) is 80.1 Å². The Bertz CT molecular complexity index is 1260. The summed E-state index contributed by atoms with van der Waals surface area (Å²) in [6.07, 6.45) is -8.75. The van der Waals surface area contributed by atoms with Crippen LogP contribution in [0.25, 0.3) is 0 Å². The lowest BCUT2D eigenvalue weighted by Gasteiger charge is -2.41. The number of hydrogen-bond acceptors (Lipinski definition) is 15. The van der Waals surface area contributed by atoms with E-state index in [1.54, 1.807) is 26.0 Å². The van der Waals surface area contributed by atoms with Gasteiger partial charge in [-0.25, -0.2) is 0 Å². The molecule has 57 heavy (non-hydrogen) atoms. The molecular formula is C42H70O15. The minimum Gasteiger partial charge on any atom is -0.394 e. The maximum Gasteiger partial charge on any atom is 0.187 e. The molecule has 15 heteroatoms. The van der Waals surface area contributed by atoms with E-state index in [1.165, 1.54) is 12.2 Å². The SMILES string of the molecule is C=C[C@](C)(O)C[C@@H](/C=C(\C)CC[C@H](O[C@@H](CC/C(C)=C/[C@H](C[C@@](C)(O)C=C)O[C@@H]1O[C@H](CO)[C@@H](O)[C@H](O)[C@H]1O)C(=C)C)C(=C)C)O[C@@H]1O[C@H](CO)[C@@H](O)[C@H](O)[C@H]1O. The van der Waals surface area contributed by atoms with Crippen LogP contribution in [0.3, 0.4) is 0 Å². The molecule has 0 aromatic heterocycles. The molecule has 328 valence electrons. The highest BCUT2D eigenvalue weighted by atomic mass is 16.7. The van der Waals surface area contributed by atoms with Crippen LogP contribution in [0, 0.1) is 0 Å². The van der Waals surface area contributed by atoms with Crippen molar-refractivity contribution >= 4 is 0 Å². The fourth-order valence-corrected chi connectivity index (χ4v) is 6.56. The lowest BCUT2D eigenvalue weighted by molar-refractivity contribution is -0.309. The number of aliphatic hydroxyl groups is 10. The number of hydrogen-bond donors (Lipinski definition) is 10. The van der Waals surface area contributed by atoms with E-state index in [1.807, 2.05) is 27.7 Å². The zero-order valence-corrected chi connectivity index (χ0v) is 34.4. The predicted molar refractivity (Wildman–Crippen MR) is 212 cm³/mol. The summed E-state index contributed by atoms with van der Waals surface area (Å²) in [4.78, 5) is 0. The minimum absolute atomic E-state index is 0.0213. The van der Waals surface area contributed by atoms with Gasteiger partial charge in [-0.3, -0.25) is 0 Å². The summed E-state index contributed by atoms with van der Waals surface area (Å²) >= 11 is 0. The van der Waals surface area contributed by atoms with Crippen molar-refractivity contribution in [2.75, 3.05) is 13.2 Å². The topological polar surface area (TPSA) is 248 Å². The molecule has 15 nitrogen and oxygen atoms in total. The second-order valence-electron chi connectivity index (χ2n) is 16.2. The Morgan fingerprint density at radius 3 is 1.23 bits per heavy atom. The molecule has 2 heterocycles. The van der Waals surface area contributed by atoms with Crippen molar-refractivity contribution < 1.29 is 74.7 Å². The van der Waals surface area contributed by atoms with Crippen molar-refractivity contribution in [3.8, 4) is 0 Å². The molecule has 10 N–H and O–H groups in total. The van der Waals surface area contributed by atoms with Gasteiger partial charge in [0.05, 0.1) is 48.8 Å². The van der Waals surface area contributed by atoms with Crippen LogP contribution in [-0.2, 0) is 23.7 Å². The summed E-state index contributed by atoms with van der Waals surface area (Å²) in [7, 11) is 0. The minimum atomic E-state index is -1.62. The molecule has 0 bridgehead atoms. The average Bonchev–Trinajstić information content (AvgIpc) is 3.14. The van der Waals surface area contributed by atoms with E-state index in [2.05, 4.69) is 26.3 Å². The fraction of sp³-hybridized carbons (Fsp3) is 0.714. The monoisotopic (exact) mass is 814 g/mol. The third-order valence-corrected chi connectivity index (χ3v) is 10.4. The van der Waals surface area contributed by atoms with Gasteiger partial charge in [0.1, 0.15) is 48.8 Å². The summed E-state index contributed by atoms with van der Waals surface area (Å²) in [6, 6.07) is 0. The normalized spacial score (nSPS) is 33.0. The van der Waals surface area contributed by atoms with Crippen molar-refractivity contribution in [1.82, 2.24) is 0 Å². The molecule has 2 aliphatic heterocycles. The van der Waals surface area contributed by atoms with Crippen molar-refractivity contribution in [3.05, 3.63) is 72.9 Å². The van der Waals surface area contributed by atoms with Crippen LogP contribution in [0.4, 0.5) is 0 Å². The Kier molecular flexibility index (Phi) is 20.6. The summed E-state index contributed by atoms with van der Waals surface area (Å²) < 4.78 is 29.7. The molecule has 0 aromatic rings.